The number of halogens is 4. The Balaban J connectivity index is 1.58. The van der Waals surface area contributed by atoms with E-state index in [-0.39, 0.29) is 11.6 Å². The maximum atomic E-state index is 18.8. The molecular weight excluding hydrogens is 908 g/mol. The van der Waals surface area contributed by atoms with Crippen molar-refractivity contribution >= 4 is 67.2 Å². The average Bonchev–Trinajstić information content (AvgIpc) is 3.96. The van der Waals surface area contributed by atoms with E-state index in [0.717, 1.165) is 147 Å². The highest BCUT2D eigenvalue weighted by Crippen LogP contribution is 2.65. The highest BCUT2D eigenvalue weighted by Gasteiger charge is 2.54. The topological polar surface area (TPSA) is 77.8 Å². The number of hydrogen-bond donors (Lipinski definition) is 0. The third kappa shape index (κ3) is 6.62. The summed E-state index contributed by atoms with van der Waals surface area (Å²) in [5.41, 5.74) is 5.89. The summed E-state index contributed by atoms with van der Waals surface area (Å²) in [5.74, 6) is -0.613. The molecule has 0 bridgehead atoms. The molecule has 0 N–H and O–H groups in total. The Morgan fingerprint density at radius 3 is 1.09 bits per heavy atom. The van der Waals surface area contributed by atoms with Gasteiger partial charge in [-0.3, -0.25) is 0 Å². The maximum absolute atomic E-state index is 18.8. The first-order valence-electron chi connectivity index (χ1n) is 20.8. The van der Waals surface area contributed by atoms with Crippen LogP contribution in [0.5, 0.6) is 0 Å². The van der Waals surface area contributed by atoms with Crippen LogP contribution in [-0.2, 0) is 10.8 Å². The summed E-state index contributed by atoms with van der Waals surface area (Å²) < 4.78 is 50.2. The van der Waals surface area contributed by atoms with Crippen molar-refractivity contribution in [2.24, 2.45) is 0 Å². The first-order valence-corrected chi connectivity index (χ1v) is 22.9. The second-order valence-electron chi connectivity index (χ2n) is 16.0. The largest absolute Gasteiger partial charge is 0.243 e. The van der Waals surface area contributed by atoms with E-state index in [1.54, 1.807) is 0 Å². The standard InChI is InChI=1S/C44H54F2I2N4O2/c1-5-9-13-17-21-43(22-18-14-10-6-2)27-25-29(47)39-41(51-53-49-39)31(27)33-35(43)37(45)34-32-28(26-30(48)40-42(32)52-54-50-40)44(36(34)38(33)46,23-19-15-11-7-3)24-20-16-12-8-4/h25-26H,5-24H2,1-4H3. The first kappa shape index (κ1) is 40.0. The van der Waals surface area contributed by atoms with Gasteiger partial charge in [0.1, 0.15) is 33.7 Å². The molecule has 0 radical (unpaired) electrons. The molecule has 2 aromatic heterocycles. The fourth-order valence-electron chi connectivity index (χ4n) is 10.1. The lowest BCUT2D eigenvalue weighted by Gasteiger charge is -2.35. The number of nitrogens with zero attached hydrogens (tertiary/aromatic N) is 4. The number of aromatic nitrogens is 4. The Bertz CT molecular complexity index is 1950. The van der Waals surface area contributed by atoms with Crippen LogP contribution in [0, 0.1) is 18.8 Å². The lowest BCUT2D eigenvalue weighted by Crippen LogP contribution is -2.29. The molecule has 3 aromatic carbocycles. The predicted molar refractivity (Wildman–Crippen MR) is 230 cm³/mol. The summed E-state index contributed by atoms with van der Waals surface area (Å²) in [4.78, 5) is 0. The van der Waals surface area contributed by atoms with E-state index in [4.69, 9.17) is 9.26 Å². The summed E-state index contributed by atoms with van der Waals surface area (Å²) in [5, 5.41) is 17.5. The molecular formula is C44H54F2I2N4O2. The van der Waals surface area contributed by atoms with Crippen LogP contribution in [-0.4, -0.2) is 20.6 Å². The minimum absolute atomic E-state index is 0.307. The van der Waals surface area contributed by atoms with Gasteiger partial charge in [-0.1, -0.05) is 130 Å². The Morgan fingerprint density at radius 2 is 0.778 bits per heavy atom. The lowest BCUT2D eigenvalue weighted by molar-refractivity contribution is 0.315. The van der Waals surface area contributed by atoms with Gasteiger partial charge in [0.05, 0.1) is 0 Å². The molecule has 0 unspecified atom stereocenters. The molecule has 54 heavy (non-hydrogen) atoms. The summed E-state index contributed by atoms with van der Waals surface area (Å²) in [6, 6.07) is 4.29. The summed E-state index contributed by atoms with van der Waals surface area (Å²) in [6.07, 6.45) is 19.7. The molecule has 0 amide bonds. The van der Waals surface area contributed by atoms with Gasteiger partial charge in [-0.25, -0.2) is 18.0 Å². The summed E-state index contributed by atoms with van der Waals surface area (Å²) in [6.45, 7) is 8.85. The van der Waals surface area contributed by atoms with Gasteiger partial charge in [0.2, 0.25) is 0 Å². The van der Waals surface area contributed by atoms with E-state index >= 15 is 8.78 Å². The highest BCUT2D eigenvalue weighted by atomic mass is 127. The van der Waals surface area contributed by atoms with Gasteiger partial charge in [-0.2, -0.15) is 0 Å². The van der Waals surface area contributed by atoms with Crippen LogP contribution >= 0.6 is 45.2 Å². The molecule has 0 aliphatic heterocycles. The van der Waals surface area contributed by atoms with Crippen LogP contribution in [0.1, 0.15) is 178 Å². The molecule has 0 spiro atoms. The zero-order chi connectivity index (χ0) is 38.0. The predicted octanol–water partition coefficient (Wildman–Crippen LogP) is 14.7. The molecule has 0 saturated heterocycles. The molecule has 5 aromatic rings. The van der Waals surface area contributed by atoms with Crippen molar-refractivity contribution in [2.75, 3.05) is 0 Å². The number of hydrogen-bond acceptors (Lipinski definition) is 6. The minimum Gasteiger partial charge on any atom is -0.243 e. The van der Waals surface area contributed by atoms with Crippen LogP contribution in [0.15, 0.2) is 21.4 Å². The van der Waals surface area contributed by atoms with E-state index in [1.165, 1.54) is 0 Å². The molecule has 0 atom stereocenters. The van der Waals surface area contributed by atoms with Crippen molar-refractivity contribution in [1.29, 1.82) is 0 Å². The van der Waals surface area contributed by atoms with Gasteiger partial charge in [-0.05, 0) is 115 Å². The van der Waals surface area contributed by atoms with Gasteiger partial charge < -0.3 is 0 Å². The Kier molecular flexibility index (Phi) is 12.7. The second-order valence-corrected chi connectivity index (χ2v) is 18.3. The van der Waals surface area contributed by atoms with Crippen molar-refractivity contribution in [2.45, 2.75) is 167 Å². The SMILES string of the molecule is CCCCCCC1(CCCCCC)c2cc(I)c3nonc3c2-c2c(F)c3c(c(F)c21)-c1c(cc(I)c2nonc12)C3(CCCCCC)CCCCCC. The first-order chi connectivity index (χ1) is 26.3. The fraction of sp³-hybridized carbons (Fsp3) is 0.591. The van der Waals surface area contributed by atoms with E-state index in [0.29, 0.717) is 55.4 Å². The van der Waals surface area contributed by atoms with Crippen molar-refractivity contribution in [1.82, 2.24) is 20.6 Å². The van der Waals surface area contributed by atoms with Crippen LogP contribution in [0.2, 0.25) is 0 Å². The summed E-state index contributed by atoms with van der Waals surface area (Å²) >= 11 is 4.60. The monoisotopic (exact) mass is 962 g/mol. The van der Waals surface area contributed by atoms with E-state index in [2.05, 4.69) is 106 Å². The molecule has 2 aliphatic carbocycles. The normalized spacial score (nSPS) is 15.0. The average molecular weight is 963 g/mol. The summed E-state index contributed by atoms with van der Waals surface area (Å²) in [7, 11) is 0. The Hall–Kier alpha value is -2.22. The Labute approximate surface area is 346 Å². The van der Waals surface area contributed by atoms with Gasteiger partial charge in [0.25, 0.3) is 0 Å². The maximum Gasteiger partial charge on any atom is 0.149 e. The van der Waals surface area contributed by atoms with E-state index in [1.807, 2.05) is 0 Å². The number of benzene rings is 3. The number of rotatable bonds is 20. The van der Waals surface area contributed by atoms with Gasteiger partial charge in [0, 0.05) is 51.4 Å². The van der Waals surface area contributed by atoms with Crippen LogP contribution in [0.3, 0.4) is 0 Å². The third-order valence-electron chi connectivity index (χ3n) is 12.7. The van der Waals surface area contributed by atoms with Gasteiger partial charge in [0.15, 0.2) is 0 Å². The van der Waals surface area contributed by atoms with Crippen molar-refractivity contribution in [3.8, 4) is 22.3 Å². The fourth-order valence-corrected chi connectivity index (χ4v) is 11.4. The van der Waals surface area contributed by atoms with Crippen LogP contribution < -0.4 is 0 Å². The molecule has 290 valence electrons. The van der Waals surface area contributed by atoms with Crippen molar-refractivity contribution < 1.29 is 18.0 Å². The van der Waals surface area contributed by atoms with Crippen LogP contribution in [0.25, 0.3) is 44.3 Å². The zero-order valence-corrected chi connectivity index (χ0v) is 36.7. The highest BCUT2D eigenvalue weighted by molar-refractivity contribution is 14.1. The quantitative estimate of drug-likeness (QED) is 0.0571. The molecule has 6 nitrogen and oxygen atoms in total. The minimum atomic E-state index is -0.725. The van der Waals surface area contributed by atoms with E-state index < -0.39 is 10.8 Å². The van der Waals surface area contributed by atoms with Gasteiger partial charge >= 0.3 is 0 Å². The molecule has 0 fully saturated rings. The molecule has 7 rings (SSSR count). The second kappa shape index (κ2) is 17.1. The smallest absolute Gasteiger partial charge is 0.149 e. The number of unbranched alkanes of at least 4 members (excludes halogenated alkanes) is 12. The number of fused-ring (bicyclic) bond motifs is 10. The third-order valence-corrected chi connectivity index (χ3v) is 14.3. The molecule has 2 heterocycles. The van der Waals surface area contributed by atoms with Crippen molar-refractivity contribution in [3.05, 3.63) is 53.2 Å². The molecule has 0 saturated carbocycles. The van der Waals surface area contributed by atoms with Crippen molar-refractivity contribution in [3.63, 3.8) is 0 Å². The molecule has 10 heteroatoms. The molecule has 2 aliphatic rings. The Morgan fingerprint density at radius 1 is 0.463 bits per heavy atom. The van der Waals surface area contributed by atoms with E-state index in [9.17, 15) is 0 Å². The zero-order valence-electron chi connectivity index (χ0n) is 32.4. The van der Waals surface area contributed by atoms with Gasteiger partial charge in [-0.15, -0.1) is 0 Å². The lowest BCUT2D eigenvalue weighted by atomic mass is 9.68. The van der Waals surface area contributed by atoms with Crippen LogP contribution in [0.4, 0.5) is 8.78 Å².